The fourth-order valence-electron chi connectivity index (χ4n) is 0.619. The molecule has 0 unspecified atom stereocenters. The van der Waals surface area contributed by atoms with E-state index in [0.717, 1.165) is 18.2 Å². The van der Waals surface area contributed by atoms with Crippen LogP contribution in [-0.4, -0.2) is 41.5 Å². The Morgan fingerprint density at radius 1 is 1.05 bits per heavy atom. The molecule has 0 aliphatic rings. The highest BCUT2D eigenvalue weighted by Gasteiger charge is 2.22. The molecule has 0 fully saturated rings. The lowest BCUT2D eigenvalue weighted by atomic mass is 10.4. The number of imide groups is 1. The highest BCUT2D eigenvalue weighted by atomic mass is 32.2. The van der Waals surface area contributed by atoms with Crippen molar-refractivity contribution < 1.29 is 27.4 Å². The molecule has 0 heterocycles. The molecule has 106 valence electrons. The first kappa shape index (κ1) is 19.1. The molecule has 0 saturated carbocycles. The Morgan fingerprint density at radius 3 is 1.53 bits per heavy atom. The molecule has 9 heteroatoms. The molecule has 0 spiro atoms. The third-order valence-electron chi connectivity index (χ3n) is 1.37. The van der Waals surface area contributed by atoms with Crippen LogP contribution in [0.25, 0.3) is 0 Å². The third-order valence-corrected chi connectivity index (χ3v) is 1.96. The van der Waals surface area contributed by atoms with Crippen LogP contribution in [0.5, 0.6) is 0 Å². The van der Waals surface area contributed by atoms with E-state index in [1.807, 2.05) is 0 Å². The van der Waals surface area contributed by atoms with E-state index in [9.17, 15) is 22.8 Å². The summed E-state index contributed by atoms with van der Waals surface area (Å²) >= 11 is 0. The van der Waals surface area contributed by atoms with Crippen LogP contribution < -0.4 is 5.73 Å². The molecule has 0 bridgehead atoms. The summed E-state index contributed by atoms with van der Waals surface area (Å²) in [4.78, 5) is 31.7. The van der Waals surface area contributed by atoms with Gasteiger partial charge in [-0.3, -0.25) is 23.8 Å². The number of hydrogen-bond acceptors (Lipinski definition) is 5. The van der Waals surface area contributed by atoms with Crippen LogP contribution in [0.4, 0.5) is 0 Å². The van der Waals surface area contributed by atoms with Crippen LogP contribution in [0.15, 0.2) is 38.0 Å². The van der Waals surface area contributed by atoms with Crippen molar-refractivity contribution in [3.05, 3.63) is 38.0 Å². The van der Waals surface area contributed by atoms with Gasteiger partial charge in [0.15, 0.2) is 5.88 Å². The molecule has 0 aliphatic carbocycles. The predicted octanol–water partition coefficient (Wildman–Crippen LogP) is -0.783. The highest BCUT2D eigenvalue weighted by molar-refractivity contribution is 7.85. The minimum atomic E-state index is -4.44. The molecule has 0 rings (SSSR count). The van der Waals surface area contributed by atoms with E-state index in [4.69, 9.17) is 4.55 Å². The van der Waals surface area contributed by atoms with Gasteiger partial charge in [0.1, 0.15) is 0 Å². The zero-order valence-electron chi connectivity index (χ0n) is 9.98. The molecule has 0 atom stereocenters. The first-order chi connectivity index (χ1) is 8.58. The standard InChI is InChI=1S/C7H9NO5S.C3H5NO/c1-3-6(9)8(7(10)4-2)5-14(11,12)13;1-2-3(4)5/h3-4H,1-2,5H2,(H,11,12,13);2H,1H2,(H2,4,5). The number of amides is 3. The lowest BCUT2D eigenvalue weighted by Gasteiger charge is -2.14. The van der Waals surface area contributed by atoms with Gasteiger partial charge in [0.05, 0.1) is 0 Å². The van der Waals surface area contributed by atoms with Gasteiger partial charge in [-0.1, -0.05) is 19.7 Å². The normalized spacial score (nSPS) is 9.32. The monoisotopic (exact) mass is 290 g/mol. The quantitative estimate of drug-likeness (QED) is 0.503. The van der Waals surface area contributed by atoms with Crippen LogP contribution in [0.1, 0.15) is 0 Å². The minimum absolute atomic E-state index is 0.301. The second-order valence-corrected chi connectivity index (χ2v) is 4.25. The van der Waals surface area contributed by atoms with E-state index in [-0.39, 0.29) is 0 Å². The van der Waals surface area contributed by atoms with Gasteiger partial charge in [-0.05, 0) is 18.2 Å². The summed E-state index contributed by atoms with van der Waals surface area (Å²) < 4.78 is 29.3. The molecular formula is C10H14N2O6S. The summed E-state index contributed by atoms with van der Waals surface area (Å²) in [5.74, 6) is -3.44. The zero-order chi connectivity index (χ0) is 15.6. The maximum atomic E-state index is 11.0. The Kier molecular flexibility index (Phi) is 8.82. The lowest BCUT2D eigenvalue weighted by Crippen LogP contribution is -2.38. The molecule has 0 aromatic carbocycles. The Balaban J connectivity index is 0. The van der Waals surface area contributed by atoms with Crippen molar-refractivity contribution >= 4 is 27.8 Å². The molecule has 0 radical (unpaired) electrons. The maximum absolute atomic E-state index is 11.0. The summed E-state index contributed by atoms with van der Waals surface area (Å²) in [5, 5.41) is 0. The van der Waals surface area contributed by atoms with E-state index in [1.54, 1.807) is 0 Å². The Morgan fingerprint density at radius 2 is 1.37 bits per heavy atom. The third kappa shape index (κ3) is 10.6. The second-order valence-electron chi connectivity index (χ2n) is 2.83. The number of carbonyl (C=O) groups excluding carboxylic acids is 3. The summed E-state index contributed by atoms with van der Waals surface area (Å²) in [5.41, 5.74) is 4.53. The largest absolute Gasteiger partial charge is 0.366 e. The van der Waals surface area contributed by atoms with Crippen molar-refractivity contribution in [2.24, 2.45) is 5.73 Å². The van der Waals surface area contributed by atoms with Crippen molar-refractivity contribution in [2.75, 3.05) is 5.88 Å². The SMILES string of the molecule is C=CC(=O)N(CS(=O)(=O)O)C(=O)C=C.C=CC(N)=O. The van der Waals surface area contributed by atoms with Gasteiger partial charge in [0.25, 0.3) is 21.9 Å². The van der Waals surface area contributed by atoms with E-state index >= 15 is 0 Å². The van der Waals surface area contributed by atoms with Gasteiger partial charge in [-0.2, -0.15) is 8.42 Å². The van der Waals surface area contributed by atoms with Gasteiger partial charge in [-0.25, -0.2) is 0 Å². The Bertz CT molecular complexity index is 474. The molecule has 0 aliphatic heterocycles. The van der Waals surface area contributed by atoms with E-state index in [1.165, 1.54) is 0 Å². The second kappa shape index (κ2) is 8.78. The van der Waals surface area contributed by atoms with Gasteiger partial charge in [-0.15, -0.1) is 0 Å². The minimum Gasteiger partial charge on any atom is -0.366 e. The van der Waals surface area contributed by atoms with Gasteiger partial charge in [0.2, 0.25) is 5.91 Å². The van der Waals surface area contributed by atoms with Crippen LogP contribution in [0, 0.1) is 0 Å². The van der Waals surface area contributed by atoms with Crippen molar-refractivity contribution in [1.82, 2.24) is 4.90 Å². The van der Waals surface area contributed by atoms with Crippen molar-refractivity contribution in [3.63, 3.8) is 0 Å². The average molecular weight is 290 g/mol. The maximum Gasteiger partial charge on any atom is 0.283 e. The average Bonchev–Trinajstić information content (AvgIpc) is 2.33. The van der Waals surface area contributed by atoms with E-state index in [0.29, 0.717) is 4.90 Å². The predicted molar refractivity (Wildman–Crippen MR) is 68.1 cm³/mol. The molecule has 3 N–H and O–H groups in total. The van der Waals surface area contributed by atoms with Crippen molar-refractivity contribution in [1.29, 1.82) is 0 Å². The van der Waals surface area contributed by atoms with E-state index in [2.05, 4.69) is 25.5 Å². The Labute approximate surface area is 110 Å². The molecule has 8 nitrogen and oxygen atoms in total. The molecule has 0 aromatic heterocycles. The smallest absolute Gasteiger partial charge is 0.283 e. The van der Waals surface area contributed by atoms with Gasteiger partial charge >= 0.3 is 0 Å². The van der Waals surface area contributed by atoms with E-state index < -0.39 is 33.7 Å². The van der Waals surface area contributed by atoms with Crippen molar-refractivity contribution in [2.45, 2.75) is 0 Å². The number of nitrogens with two attached hydrogens (primary N) is 1. The topological polar surface area (TPSA) is 135 Å². The molecule has 0 saturated heterocycles. The summed E-state index contributed by atoms with van der Waals surface area (Å²) in [6, 6.07) is 0. The number of primary amides is 1. The number of carbonyl (C=O) groups is 3. The molecule has 19 heavy (non-hydrogen) atoms. The van der Waals surface area contributed by atoms with Crippen LogP contribution in [0.3, 0.4) is 0 Å². The lowest BCUT2D eigenvalue weighted by molar-refractivity contribution is -0.137. The first-order valence-electron chi connectivity index (χ1n) is 4.56. The number of nitrogens with zero attached hydrogens (tertiary/aromatic N) is 1. The van der Waals surface area contributed by atoms with Crippen molar-refractivity contribution in [3.8, 4) is 0 Å². The Hall–Kier alpha value is -2.26. The zero-order valence-corrected chi connectivity index (χ0v) is 10.8. The van der Waals surface area contributed by atoms with Gasteiger partial charge < -0.3 is 5.73 Å². The van der Waals surface area contributed by atoms with Crippen LogP contribution in [0.2, 0.25) is 0 Å². The number of rotatable bonds is 5. The molecule has 0 aromatic rings. The van der Waals surface area contributed by atoms with Crippen LogP contribution in [-0.2, 0) is 24.5 Å². The highest BCUT2D eigenvalue weighted by Crippen LogP contribution is 1.97. The first-order valence-corrected chi connectivity index (χ1v) is 6.17. The van der Waals surface area contributed by atoms with Crippen LogP contribution >= 0.6 is 0 Å². The van der Waals surface area contributed by atoms with Gasteiger partial charge in [0, 0.05) is 0 Å². The number of hydrogen-bond donors (Lipinski definition) is 2. The fourth-order valence-corrected chi connectivity index (χ4v) is 1.20. The summed E-state index contributed by atoms with van der Waals surface area (Å²) in [7, 11) is -4.44. The molecule has 3 amide bonds. The fraction of sp³-hybridized carbons (Fsp3) is 0.100. The molecular weight excluding hydrogens is 276 g/mol. The summed E-state index contributed by atoms with van der Waals surface area (Å²) in [6.07, 6.45) is 2.57. The summed E-state index contributed by atoms with van der Waals surface area (Å²) in [6.45, 7) is 9.23.